The molecule has 1 aromatic rings. The van der Waals surface area contributed by atoms with Crippen molar-refractivity contribution in [1.29, 1.82) is 0 Å². The summed E-state index contributed by atoms with van der Waals surface area (Å²) in [5.74, 6) is 3.13. The molecule has 0 aromatic heterocycles. The van der Waals surface area contributed by atoms with Crippen LogP contribution in [0.3, 0.4) is 0 Å². The molecule has 1 aliphatic heterocycles. The van der Waals surface area contributed by atoms with Gasteiger partial charge in [0.2, 0.25) is 0 Å². The van der Waals surface area contributed by atoms with Crippen molar-refractivity contribution in [2.45, 2.75) is 73.6 Å². The van der Waals surface area contributed by atoms with E-state index >= 15 is 0 Å². The summed E-state index contributed by atoms with van der Waals surface area (Å²) < 4.78 is 6.36. The normalized spacial score (nSPS) is 14.7. The molecule has 1 aliphatic rings. The quantitative estimate of drug-likeness (QED) is 0.662. The first-order valence-electron chi connectivity index (χ1n) is 9.25. The topological polar surface area (TPSA) is 26.3 Å². The molecular weight excluding hydrogens is 296 g/mol. The molecule has 0 unspecified atom stereocenters. The summed E-state index contributed by atoms with van der Waals surface area (Å²) >= 11 is 0. The zero-order chi connectivity index (χ0) is 18.2. The second kappa shape index (κ2) is 7.13. The van der Waals surface area contributed by atoms with Crippen LogP contribution in [-0.2, 0) is 11.2 Å². The average Bonchev–Trinajstić information content (AvgIpc) is 2.51. The van der Waals surface area contributed by atoms with Crippen LogP contribution in [0.5, 0.6) is 5.75 Å². The maximum atomic E-state index is 12.7. The molecule has 0 radical (unpaired) electrons. The molecule has 0 saturated carbocycles. The first-order chi connectivity index (χ1) is 11.1. The van der Waals surface area contributed by atoms with Crippen molar-refractivity contribution in [2.75, 3.05) is 0 Å². The molecule has 1 aromatic carbocycles. The lowest BCUT2D eigenvalue weighted by molar-refractivity contribution is -0.118. The molecule has 0 bridgehead atoms. The number of hydrogen-bond donors (Lipinski definition) is 0. The highest BCUT2D eigenvalue weighted by Crippen LogP contribution is 2.41. The Morgan fingerprint density at radius 1 is 0.917 bits per heavy atom. The standard InChI is InChI=1S/C22H32O2/c1-12(2)16-9-17-11-19(20(23)14(5)6)21(15(7)8)24-22(17)18(10-16)13(3)4/h9-10,12-15H,11H2,1-8H3. The Morgan fingerprint density at radius 2 is 1.54 bits per heavy atom. The highest BCUT2D eigenvalue weighted by atomic mass is 16.5. The van der Waals surface area contributed by atoms with Gasteiger partial charge in [-0.3, -0.25) is 4.79 Å². The third kappa shape index (κ3) is 3.58. The number of ketones is 1. The number of carbonyl (C=O) groups excluding carboxylic acids is 1. The Kier molecular flexibility index (Phi) is 5.57. The van der Waals surface area contributed by atoms with Crippen LogP contribution in [0.15, 0.2) is 23.5 Å². The first kappa shape index (κ1) is 18.8. The van der Waals surface area contributed by atoms with Crippen LogP contribution in [0.2, 0.25) is 0 Å². The summed E-state index contributed by atoms with van der Waals surface area (Å²) in [4.78, 5) is 12.7. The molecule has 0 saturated heterocycles. The Morgan fingerprint density at radius 3 is 2.00 bits per heavy atom. The van der Waals surface area contributed by atoms with E-state index < -0.39 is 0 Å². The lowest BCUT2D eigenvalue weighted by atomic mass is 9.85. The van der Waals surface area contributed by atoms with Gasteiger partial charge in [0.15, 0.2) is 5.78 Å². The molecule has 132 valence electrons. The fourth-order valence-corrected chi connectivity index (χ4v) is 3.23. The summed E-state index contributed by atoms with van der Waals surface area (Å²) in [5, 5.41) is 0. The summed E-state index contributed by atoms with van der Waals surface area (Å²) in [6, 6.07) is 4.51. The van der Waals surface area contributed by atoms with E-state index in [-0.39, 0.29) is 17.6 Å². The van der Waals surface area contributed by atoms with E-state index in [0.29, 0.717) is 18.3 Å². The van der Waals surface area contributed by atoms with E-state index in [2.05, 4.69) is 53.7 Å². The highest BCUT2D eigenvalue weighted by molar-refractivity contribution is 5.98. The number of benzene rings is 1. The van der Waals surface area contributed by atoms with Crippen molar-refractivity contribution in [3.05, 3.63) is 40.2 Å². The van der Waals surface area contributed by atoms with Gasteiger partial charge >= 0.3 is 0 Å². The molecule has 0 amide bonds. The predicted molar refractivity (Wildman–Crippen MR) is 101 cm³/mol. The maximum absolute atomic E-state index is 12.7. The molecule has 0 aliphatic carbocycles. The van der Waals surface area contributed by atoms with Crippen molar-refractivity contribution >= 4 is 5.78 Å². The van der Waals surface area contributed by atoms with E-state index in [0.717, 1.165) is 17.1 Å². The number of allylic oxidation sites excluding steroid dienone is 2. The molecule has 2 heteroatoms. The van der Waals surface area contributed by atoms with Crippen LogP contribution in [0.25, 0.3) is 0 Å². The molecule has 0 spiro atoms. The summed E-state index contributed by atoms with van der Waals surface area (Å²) in [5.41, 5.74) is 4.61. The Balaban J connectivity index is 2.61. The first-order valence-corrected chi connectivity index (χ1v) is 9.25. The van der Waals surface area contributed by atoms with Gasteiger partial charge in [-0.05, 0) is 28.5 Å². The van der Waals surface area contributed by atoms with Crippen LogP contribution in [0.4, 0.5) is 0 Å². The molecular formula is C22H32O2. The van der Waals surface area contributed by atoms with E-state index in [4.69, 9.17) is 4.74 Å². The van der Waals surface area contributed by atoms with Crippen molar-refractivity contribution in [2.24, 2.45) is 11.8 Å². The van der Waals surface area contributed by atoms with Crippen molar-refractivity contribution in [1.82, 2.24) is 0 Å². The SMILES string of the molecule is CC(C)C(=O)C1=C(C(C)C)Oc2c(cc(C(C)C)cc2C(C)C)C1. The Hall–Kier alpha value is -1.57. The second-order valence-corrected chi connectivity index (χ2v) is 8.20. The zero-order valence-electron chi connectivity index (χ0n) is 16.5. The smallest absolute Gasteiger partial charge is 0.165 e. The molecule has 2 rings (SSSR count). The summed E-state index contributed by atoms with van der Waals surface area (Å²) in [6.45, 7) is 17.0. The van der Waals surface area contributed by atoms with Crippen LogP contribution < -0.4 is 4.74 Å². The minimum absolute atomic E-state index is 0.00301. The second-order valence-electron chi connectivity index (χ2n) is 8.20. The van der Waals surface area contributed by atoms with Gasteiger partial charge in [-0.25, -0.2) is 0 Å². The predicted octanol–water partition coefficient (Wildman–Crippen LogP) is 6.00. The van der Waals surface area contributed by atoms with E-state index in [1.807, 2.05) is 13.8 Å². The average molecular weight is 328 g/mol. The number of Topliss-reactive ketones (excluding diaryl/α,β-unsaturated/α-hetero) is 1. The van der Waals surface area contributed by atoms with Crippen molar-refractivity contribution < 1.29 is 9.53 Å². The number of carbonyl (C=O) groups is 1. The lowest BCUT2D eigenvalue weighted by Gasteiger charge is -2.29. The van der Waals surface area contributed by atoms with E-state index in [1.54, 1.807) is 0 Å². The van der Waals surface area contributed by atoms with Crippen molar-refractivity contribution in [3.8, 4) is 5.75 Å². The van der Waals surface area contributed by atoms with Crippen LogP contribution in [-0.4, -0.2) is 5.78 Å². The Bertz CT molecular complexity index is 661. The van der Waals surface area contributed by atoms with Crippen molar-refractivity contribution in [3.63, 3.8) is 0 Å². The van der Waals surface area contributed by atoms with Gasteiger partial charge in [0.25, 0.3) is 0 Å². The fourth-order valence-electron chi connectivity index (χ4n) is 3.23. The van der Waals surface area contributed by atoms with Gasteiger partial charge in [-0.2, -0.15) is 0 Å². The van der Waals surface area contributed by atoms with Gasteiger partial charge in [-0.1, -0.05) is 67.5 Å². The molecule has 2 nitrogen and oxygen atoms in total. The van der Waals surface area contributed by atoms with Gasteiger partial charge in [0, 0.05) is 23.8 Å². The molecule has 24 heavy (non-hydrogen) atoms. The van der Waals surface area contributed by atoms with Gasteiger partial charge in [0.05, 0.1) is 0 Å². The Labute approximate surface area is 147 Å². The zero-order valence-corrected chi connectivity index (χ0v) is 16.5. The van der Waals surface area contributed by atoms with E-state index in [1.165, 1.54) is 16.7 Å². The number of ether oxygens (including phenoxy) is 1. The third-order valence-electron chi connectivity index (χ3n) is 4.73. The highest BCUT2D eigenvalue weighted by Gasteiger charge is 2.30. The number of rotatable bonds is 5. The fraction of sp³-hybridized carbons (Fsp3) is 0.591. The number of fused-ring (bicyclic) bond motifs is 1. The largest absolute Gasteiger partial charge is 0.460 e. The molecule has 0 fully saturated rings. The van der Waals surface area contributed by atoms with E-state index in [9.17, 15) is 4.79 Å². The van der Waals surface area contributed by atoms with Gasteiger partial charge in [-0.15, -0.1) is 0 Å². The summed E-state index contributed by atoms with van der Waals surface area (Å²) in [7, 11) is 0. The third-order valence-corrected chi connectivity index (χ3v) is 4.73. The maximum Gasteiger partial charge on any atom is 0.165 e. The minimum Gasteiger partial charge on any atom is -0.460 e. The molecule has 1 heterocycles. The van der Waals surface area contributed by atoms with Crippen LogP contribution in [0.1, 0.15) is 83.9 Å². The minimum atomic E-state index is -0.00301. The van der Waals surface area contributed by atoms with Crippen LogP contribution in [0, 0.1) is 11.8 Å². The monoisotopic (exact) mass is 328 g/mol. The van der Waals surface area contributed by atoms with Gasteiger partial charge in [0.1, 0.15) is 11.5 Å². The number of hydrogen-bond acceptors (Lipinski definition) is 2. The van der Waals surface area contributed by atoms with Gasteiger partial charge < -0.3 is 4.74 Å². The van der Waals surface area contributed by atoms with Crippen LogP contribution >= 0.6 is 0 Å². The molecule has 0 atom stereocenters. The lowest BCUT2D eigenvalue weighted by Crippen LogP contribution is -2.23. The molecule has 0 N–H and O–H groups in total. The summed E-state index contributed by atoms with van der Waals surface area (Å²) in [6.07, 6.45) is 0.695.